The van der Waals surface area contributed by atoms with E-state index in [1.165, 1.54) is 49.2 Å². The maximum atomic E-state index is 9.26. The third kappa shape index (κ3) is 2.86. The number of nitrogens with zero attached hydrogens (tertiary/aromatic N) is 1. The second kappa shape index (κ2) is 6.24. The zero-order chi connectivity index (χ0) is 13.0. The molecule has 0 bridgehead atoms. The highest BCUT2D eigenvalue weighted by molar-refractivity contribution is 5.55. The van der Waals surface area contributed by atoms with Gasteiger partial charge in [0.15, 0.2) is 0 Å². The van der Waals surface area contributed by atoms with Crippen molar-refractivity contribution in [2.24, 2.45) is 0 Å². The average Bonchev–Trinajstić information content (AvgIpc) is 2.46. The second-order valence-corrected chi connectivity index (χ2v) is 5.37. The van der Waals surface area contributed by atoms with E-state index in [0.717, 1.165) is 6.42 Å². The molecular formula is C16H25NO. The van der Waals surface area contributed by atoms with E-state index in [-0.39, 0.29) is 12.5 Å². The molecule has 1 atom stereocenters. The topological polar surface area (TPSA) is 23.5 Å². The van der Waals surface area contributed by atoms with Gasteiger partial charge >= 0.3 is 0 Å². The van der Waals surface area contributed by atoms with Crippen molar-refractivity contribution in [2.45, 2.75) is 45.4 Å². The number of anilines is 1. The summed E-state index contributed by atoms with van der Waals surface area (Å²) < 4.78 is 0. The summed E-state index contributed by atoms with van der Waals surface area (Å²) in [6.45, 7) is 6.92. The minimum atomic E-state index is 0.228. The van der Waals surface area contributed by atoms with Gasteiger partial charge in [0, 0.05) is 31.3 Å². The molecule has 0 aromatic heterocycles. The molecule has 0 amide bonds. The van der Waals surface area contributed by atoms with Crippen molar-refractivity contribution in [1.29, 1.82) is 0 Å². The molecule has 0 aliphatic carbocycles. The van der Waals surface area contributed by atoms with Gasteiger partial charge in [0.2, 0.25) is 0 Å². The number of benzene rings is 1. The molecule has 1 N–H and O–H groups in total. The molecule has 2 rings (SSSR count). The van der Waals surface area contributed by atoms with E-state index in [0.29, 0.717) is 0 Å². The largest absolute Gasteiger partial charge is 0.396 e. The first-order valence-electron chi connectivity index (χ1n) is 7.25. The molecule has 2 nitrogen and oxygen atoms in total. The maximum absolute atomic E-state index is 9.26. The Morgan fingerprint density at radius 1 is 1.22 bits per heavy atom. The van der Waals surface area contributed by atoms with E-state index in [1.807, 2.05) is 0 Å². The number of aliphatic hydroxyl groups excluding tert-OH is 1. The molecule has 0 spiro atoms. The first kappa shape index (κ1) is 13.4. The molecule has 0 radical (unpaired) electrons. The summed E-state index contributed by atoms with van der Waals surface area (Å²) in [5.74, 6) is 0.241. The third-order valence-electron chi connectivity index (χ3n) is 4.02. The molecule has 1 fully saturated rings. The second-order valence-electron chi connectivity index (χ2n) is 5.37. The summed E-state index contributed by atoms with van der Waals surface area (Å²) in [7, 11) is 0. The molecular weight excluding hydrogens is 222 g/mol. The van der Waals surface area contributed by atoms with E-state index in [9.17, 15) is 5.11 Å². The Morgan fingerprint density at radius 3 is 2.56 bits per heavy atom. The van der Waals surface area contributed by atoms with Crippen LogP contribution in [0.25, 0.3) is 0 Å². The smallest absolute Gasteiger partial charge is 0.0497 e. The van der Waals surface area contributed by atoms with Crippen LogP contribution in [-0.2, 0) is 6.42 Å². The quantitative estimate of drug-likeness (QED) is 0.882. The van der Waals surface area contributed by atoms with Gasteiger partial charge in [-0.05, 0) is 42.9 Å². The van der Waals surface area contributed by atoms with Crippen LogP contribution >= 0.6 is 0 Å². The van der Waals surface area contributed by atoms with Crippen LogP contribution in [0.15, 0.2) is 18.2 Å². The SMILES string of the molecule is CCc1cc(C(C)CO)ccc1N1CCCCC1. The normalized spacial score (nSPS) is 17.8. The molecule has 1 aliphatic rings. The Bertz CT molecular complexity index is 383. The van der Waals surface area contributed by atoms with Crippen molar-refractivity contribution in [3.05, 3.63) is 29.3 Å². The molecule has 100 valence electrons. The van der Waals surface area contributed by atoms with Crippen LogP contribution < -0.4 is 4.90 Å². The van der Waals surface area contributed by atoms with Crippen LogP contribution in [0.1, 0.15) is 50.2 Å². The van der Waals surface area contributed by atoms with Gasteiger partial charge in [-0.25, -0.2) is 0 Å². The fraction of sp³-hybridized carbons (Fsp3) is 0.625. The first-order chi connectivity index (χ1) is 8.76. The molecule has 1 aromatic rings. The summed E-state index contributed by atoms with van der Waals surface area (Å²) in [5, 5.41) is 9.26. The predicted octanol–water partition coefficient (Wildman–Crippen LogP) is 3.34. The van der Waals surface area contributed by atoms with E-state index >= 15 is 0 Å². The Hall–Kier alpha value is -1.02. The van der Waals surface area contributed by atoms with Gasteiger partial charge in [0.25, 0.3) is 0 Å². The van der Waals surface area contributed by atoms with Crippen molar-refractivity contribution in [3.63, 3.8) is 0 Å². The van der Waals surface area contributed by atoms with Gasteiger partial charge < -0.3 is 10.0 Å². The summed E-state index contributed by atoms with van der Waals surface area (Å²) in [6.07, 6.45) is 5.07. The number of rotatable bonds is 4. The van der Waals surface area contributed by atoms with Crippen LogP contribution in [0.5, 0.6) is 0 Å². The van der Waals surface area contributed by atoms with Crippen molar-refractivity contribution in [3.8, 4) is 0 Å². The highest BCUT2D eigenvalue weighted by Gasteiger charge is 2.15. The molecule has 1 unspecified atom stereocenters. The van der Waals surface area contributed by atoms with Crippen LogP contribution in [0, 0.1) is 0 Å². The Balaban J connectivity index is 2.24. The van der Waals surface area contributed by atoms with E-state index in [4.69, 9.17) is 0 Å². The summed E-state index contributed by atoms with van der Waals surface area (Å²) in [6, 6.07) is 6.72. The van der Waals surface area contributed by atoms with Crippen LogP contribution in [0.4, 0.5) is 5.69 Å². The minimum Gasteiger partial charge on any atom is -0.396 e. The number of aryl methyl sites for hydroxylation is 1. The lowest BCUT2D eigenvalue weighted by Gasteiger charge is -2.31. The molecule has 2 heteroatoms. The molecule has 0 saturated carbocycles. The highest BCUT2D eigenvalue weighted by Crippen LogP contribution is 2.28. The highest BCUT2D eigenvalue weighted by atomic mass is 16.3. The van der Waals surface area contributed by atoms with Gasteiger partial charge in [-0.1, -0.05) is 26.0 Å². The van der Waals surface area contributed by atoms with E-state index in [1.54, 1.807) is 0 Å². The van der Waals surface area contributed by atoms with Gasteiger partial charge in [-0.2, -0.15) is 0 Å². The van der Waals surface area contributed by atoms with Crippen molar-refractivity contribution < 1.29 is 5.11 Å². The van der Waals surface area contributed by atoms with Gasteiger partial charge in [0.05, 0.1) is 0 Å². The van der Waals surface area contributed by atoms with Crippen molar-refractivity contribution in [2.75, 3.05) is 24.6 Å². The fourth-order valence-electron chi connectivity index (χ4n) is 2.74. The van der Waals surface area contributed by atoms with Crippen LogP contribution in [-0.4, -0.2) is 24.8 Å². The maximum Gasteiger partial charge on any atom is 0.0497 e. The average molecular weight is 247 g/mol. The lowest BCUT2D eigenvalue weighted by Crippen LogP contribution is -2.30. The molecule has 18 heavy (non-hydrogen) atoms. The third-order valence-corrected chi connectivity index (χ3v) is 4.02. The van der Waals surface area contributed by atoms with Crippen molar-refractivity contribution in [1.82, 2.24) is 0 Å². The summed E-state index contributed by atoms with van der Waals surface area (Å²) >= 11 is 0. The summed E-state index contributed by atoms with van der Waals surface area (Å²) in [5.41, 5.74) is 4.09. The standard InChI is InChI=1S/C16H25NO/c1-3-14-11-15(13(2)12-18)7-8-16(14)17-9-5-4-6-10-17/h7-8,11,13,18H,3-6,9-10,12H2,1-2H3. The van der Waals surface area contributed by atoms with Crippen LogP contribution in [0.2, 0.25) is 0 Å². The molecule has 1 aromatic carbocycles. The fourth-order valence-corrected chi connectivity index (χ4v) is 2.74. The number of hydrogen-bond acceptors (Lipinski definition) is 2. The first-order valence-corrected chi connectivity index (χ1v) is 7.25. The molecule has 1 heterocycles. The molecule has 1 aliphatic heterocycles. The lowest BCUT2D eigenvalue weighted by molar-refractivity contribution is 0.273. The van der Waals surface area contributed by atoms with E-state index < -0.39 is 0 Å². The predicted molar refractivity (Wildman–Crippen MR) is 77.4 cm³/mol. The van der Waals surface area contributed by atoms with E-state index in [2.05, 4.69) is 36.9 Å². The monoisotopic (exact) mass is 247 g/mol. The Morgan fingerprint density at radius 2 is 1.94 bits per heavy atom. The Labute approximate surface area is 111 Å². The lowest BCUT2D eigenvalue weighted by atomic mass is 9.96. The zero-order valence-corrected chi connectivity index (χ0v) is 11.7. The zero-order valence-electron chi connectivity index (χ0n) is 11.7. The van der Waals surface area contributed by atoms with Gasteiger partial charge in [0.1, 0.15) is 0 Å². The van der Waals surface area contributed by atoms with Gasteiger partial charge in [-0.3, -0.25) is 0 Å². The number of aliphatic hydroxyl groups is 1. The minimum absolute atomic E-state index is 0.228. The van der Waals surface area contributed by atoms with Crippen LogP contribution in [0.3, 0.4) is 0 Å². The molecule has 1 saturated heterocycles. The number of hydrogen-bond donors (Lipinski definition) is 1. The van der Waals surface area contributed by atoms with Gasteiger partial charge in [-0.15, -0.1) is 0 Å². The van der Waals surface area contributed by atoms with Crippen molar-refractivity contribution >= 4 is 5.69 Å². The Kier molecular flexibility index (Phi) is 4.65. The summed E-state index contributed by atoms with van der Waals surface area (Å²) in [4.78, 5) is 2.52. The number of piperidine rings is 1.